The number of halogens is 3. The van der Waals surface area contributed by atoms with Gasteiger partial charge in [0.05, 0.1) is 6.54 Å². The van der Waals surface area contributed by atoms with Crippen LogP contribution in [0.5, 0.6) is 0 Å². The van der Waals surface area contributed by atoms with Crippen molar-refractivity contribution in [1.82, 2.24) is 24.4 Å². The first-order chi connectivity index (χ1) is 12.5. The molecule has 0 amide bonds. The summed E-state index contributed by atoms with van der Waals surface area (Å²) in [6.07, 6.45) is 1.14. The highest BCUT2D eigenvalue weighted by Gasteiger charge is 2.34. The highest BCUT2D eigenvalue weighted by atomic mass is 35.5. The molecule has 2 aliphatic rings. The molecular formula is C16H20ClF2N5O2S. The van der Waals surface area contributed by atoms with Gasteiger partial charge in [0.2, 0.25) is 10.0 Å². The minimum atomic E-state index is -4.06. The Balaban J connectivity index is 0.00000210. The molecule has 1 N–H and O–H groups in total. The minimum absolute atomic E-state index is 0. The Kier molecular flexibility index (Phi) is 5.80. The molecule has 1 aromatic heterocycles. The zero-order chi connectivity index (χ0) is 18.3. The molecule has 3 heterocycles. The number of sulfonamides is 1. The van der Waals surface area contributed by atoms with E-state index < -0.39 is 26.6 Å². The summed E-state index contributed by atoms with van der Waals surface area (Å²) in [5.41, 5.74) is 0. The van der Waals surface area contributed by atoms with Crippen LogP contribution >= 0.6 is 12.4 Å². The molecule has 1 fully saturated rings. The second-order valence-corrected chi connectivity index (χ2v) is 8.44. The summed E-state index contributed by atoms with van der Waals surface area (Å²) in [4.78, 5) is -0.609. The Morgan fingerprint density at radius 2 is 1.85 bits per heavy atom. The Bertz CT molecular complexity index is 929. The second-order valence-electron chi connectivity index (χ2n) is 6.53. The van der Waals surface area contributed by atoms with Gasteiger partial charge in [0.1, 0.15) is 16.5 Å². The topological polar surface area (TPSA) is 80.1 Å². The lowest BCUT2D eigenvalue weighted by molar-refractivity contribution is 0.305. The van der Waals surface area contributed by atoms with E-state index in [2.05, 4.69) is 20.1 Å². The first-order valence-electron chi connectivity index (χ1n) is 8.55. The van der Waals surface area contributed by atoms with Crippen molar-refractivity contribution >= 4 is 22.4 Å². The van der Waals surface area contributed by atoms with E-state index in [-0.39, 0.29) is 31.4 Å². The molecule has 148 valence electrons. The van der Waals surface area contributed by atoms with E-state index in [9.17, 15) is 17.2 Å². The molecular weight excluding hydrogens is 400 g/mol. The van der Waals surface area contributed by atoms with Crippen LogP contribution in [0.1, 0.15) is 30.4 Å². The van der Waals surface area contributed by atoms with E-state index in [1.165, 1.54) is 10.4 Å². The molecule has 0 bridgehead atoms. The van der Waals surface area contributed by atoms with E-state index in [0.29, 0.717) is 19.4 Å². The highest BCUT2D eigenvalue weighted by Crippen LogP contribution is 2.31. The van der Waals surface area contributed by atoms with Crippen molar-refractivity contribution in [3.8, 4) is 0 Å². The maximum absolute atomic E-state index is 13.9. The third-order valence-electron chi connectivity index (χ3n) is 5.00. The summed E-state index contributed by atoms with van der Waals surface area (Å²) in [6.45, 7) is 2.81. The van der Waals surface area contributed by atoms with Crippen LogP contribution in [0.15, 0.2) is 23.1 Å². The van der Waals surface area contributed by atoms with Gasteiger partial charge in [0.15, 0.2) is 11.6 Å². The summed E-state index contributed by atoms with van der Waals surface area (Å²) >= 11 is 0. The maximum atomic E-state index is 13.9. The van der Waals surface area contributed by atoms with Crippen LogP contribution in [0.3, 0.4) is 0 Å². The molecule has 0 aliphatic carbocycles. The second kappa shape index (κ2) is 7.78. The fourth-order valence-electron chi connectivity index (χ4n) is 3.59. The Labute approximate surface area is 162 Å². The maximum Gasteiger partial charge on any atom is 0.246 e. The van der Waals surface area contributed by atoms with Crippen molar-refractivity contribution in [2.45, 2.75) is 36.7 Å². The van der Waals surface area contributed by atoms with Crippen molar-refractivity contribution in [3.05, 3.63) is 41.5 Å². The lowest BCUT2D eigenvalue weighted by Gasteiger charge is -2.31. The number of nitrogens with one attached hydrogen (secondary N) is 1. The fraction of sp³-hybridized carbons (Fsp3) is 0.500. The van der Waals surface area contributed by atoms with Crippen LogP contribution in [0.4, 0.5) is 8.78 Å². The SMILES string of the molecule is Cl.O=S(=O)(c1cccc(F)c1F)N1CCC(c2nnc3n2CCNC3)CC1. The van der Waals surface area contributed by atoms with Crippen LogP contribution in [-0.2, 0) is 23.1 Å². The van der Waals surface area contributed by atoms with Gasteiger partial charge in [0, 0.05) is 32.1 Å². The summed E-state index contributed by atoms with van der Waals surface area (Å²) < 4.78 is 56.0. The van der Waals surface area contributed by atoms with Gasteiger partial charge >= 0.3 is 0 Å². The van der Waals surface area contributed by atoms with Gasteiger partial charge in [-0.05, 0) is 25.0 Å². The largest absolute Gasteiger partial charge is 0.312 e. The quantitative estimate of drug-likeness (QED) is 0.818. The molecule has 0 spiro atoms. The lowest BCUT2D eigenvalue weighted by atomic mass is 9.97. The molecule has 27 heavy (non-hydrogen) atoms. The predicted molar refractivity (Wildman–Crippen MR) is 96.1 cm³/mol. The predicted octanol–water partition coefficient (Wildman–Crippen LogP) is 1.65. The van der Waals surface area contributed by atoms with E-state index in [1.807, 2.05) is 0 Å². The molecule has 0 unspecified atom stereocenters. The molecule has 0 atom stereocenters. The number of hydrogen-bond acceptors (Lipinski definition) is 5. The molecule has 0 radical (unpaired) electrons. The van der Waals surface area contributed by atoms with E-state index in [1.54, 1.807) is 0 Å². The highest BCUT2D eigenvalue weighted by molar-refractivity contribution is 7.89. The van der Waals surface area contributed by atoms with Gasteiger partial charge in [-0.15, -0.1) is 22.6 Å². The zero-order valence-electron chi connectivity index (χ0n) is 14.4. The summed E-state index contributed by atoms with van der Waals surface area (Å²) in [7, 11) is -4.06. The minimum Gasteiger partial charge on any atom is -0.312 e. The zero-order valence-corrected chi connectivity index (χ0v) is 16.1. The average Bonchev–Trinajstić information content (AvgIpc) is 3.08. The van der Waals surface area contributed by atoms with Gasteiger partial charge in [-0.1, -0.05) is 6.07 Å². The van der Waals surface area contributed by atoms with Crippen molar-refractivity contribution in [2.75, 3.05) is 19.6 Å². The first-order valence-corrected chi connectivity index (χ1v) is 9.99. The van der Waals surface area contributed by atoms with E-state index in [0.717, 1.165) is 36.9 Å². The third kappa shape index (κ3) is 3.58. The van der Waals surface area contributed by atoms with E-state index >= 15 is 0 Å². The van der Waals surface area contributed by atoms with Crippen LogP contribution < -0.4 is 5.32 Å². The molecule has 4 rings (SSSR count). The average molecular weight is 420 g/mol. The van der Waals surface area contributed by atoms with Crippen molar-refractivity contribution in [2.24, 2.45) is 0 Å². The summed E-state index contributed by atoms with van der Waals surface area (Å²) in [6, 6.07) is 3.21. The molecule has 2 aliphatic heterocycles. The third-order valence-corrected chi connectivity index (χ3v) is 6.92. The molecule has 0 saturated carbocycles. The fourth-order valence-corrected chi connectivity index (χ4v) is 5.14. The van der Waals surface area contributed by atoms with Gasteiger partial charge in [0.25, 0.3) is 0 Å². The normalized spacial score (nSPS) is 18.7. The van der Waals surface area contributed by atoms with E-state index in [4.69, 9.17) is 0 Å². The Morgan fingerprint density at radius 3 is 2.59 bits per heavy atom. The molecule has 1 saturated heterocycles. The van der Waals surface area contributed by atoms with Crippen molar-refractivity contribution in [3.63, 3.8) is 0 Å². The lowest BCUT2D eigenvalue weighted by Crippen LogP contribution is -2.39. The Hall–Kier alpha value is -1.62. The number of rotatable bonds is 3. The number of piperidine rings is 1. The van der Waals surface area contributed by atoms with Crippen LogP contribution in [0.2, 0.25) is 0 Å². The summed E-state index contributed by atoms with van der Waals surface area (Å²) in [5.74, 6) is -0.602. The first kappa shape index (κ1) is 20.1. The van der Waals surface area contributed by atoms with Gasteiger partial charge in [-0.3, -0.25) is 0 Å². The number of nitrogens with zero attached hydrogens (tertiary/aromatic N) is 4. The molecule has 1 aromatic carbocycles. The van der Waals surface area contributed by atoms with Crippen LogP contribution in [0.25, 0.3) is 0 Å². The number of hydrogen-bond donors (Lipinski definition) is 1. The molecule has 11 heteroatoms. The molecule has 2 aromatic rings. The van der Waals surface area contributed by atoms with Gasteiger partial charge < -0.3 is 9.88 Å². The van der Waals surface area contributed by atoms with Crippen LogP contribution in [0, 0.1) is 11.6 Å². The Morgan fingerprint density at radius 1 is 1.11 bits per heavy atom. The smallest absolute Gasteiger partial charge is 0.246 e. The van der Waals surface area contributed by atoms with Crippen molar-refractivity contribution < 1.29 is 17.2 Å². The van der Waals surface area contributed by atoms with Gasteiger partial charge in [-0.25, -0.2) is 17.2 Å². The number of fused-ring (bicyclic) bond motifs is 1. The van der Waals surface area contributed by atoms with Gasteiger partial charge in [-0.2, -0.15) is 4.31 Å². The van der Waals surface area contributed by atoms with Crippen molar-refractivity contribution in [1.29, 1.82) is 0 Å². The summed E-state index contributed by atoms with van der Waals surface area (Å²) in [5, 5.41) is 11.7. The number of benzene rings is 1. The van der Waals surface area contributed by atoms with Crippen LogP contribution in [-0.4, -0.2) is 47.1 Å². The monoisotopic (exact) mass is 419 g/mol. The molecule has 7 nitrogen and oxygen atoms in total. The standard InChI is InChI=1S/C16H19F2N5O2S.ClH/c17-12-2-1-3-13(15(12)18)26(24,25)22-7-4-11(5-8-22)16-21-20-14-10-19-6-9-23(14)16;/h1-3,11,19H,4-10H2;1H. The number of aromatic nitrogens is 3.